The molecule has 2 aromatic rings. The van der Waals surface area contributed by atoms with Crippen LogP contribution in [0.2, 0.25) is 0 Å². The fourth-order valence-electron chi connectivity index (χ4n) is 3.72. The average molecular weight is 352 g/mol. The number of hydrogen-bond donors (Lipinski definition) is 0. The zero-order valence-electron chi connectivity index (χ0n) is 16.2. The maximum atomic E-state index is 12.8. The first kappa shape index (κ1) is 18.4. The van der Waals surface area contributed by atoms with Crippen LogP contribution in [0.4, 0.5) is 5.82 Å². The van der Waals surface area contributed by atoms with E-state index in [4.69, 9.17) is 4.98 Å². The SMILES string of the molecule is Cc1nc(C)c(C(C)C)c(N2CCCN(C(=O)c3ccccc3)CC2)n1. The van der Waals surface area contributed by atoms with Crippen molar-refractivity contribution >= 4 is 11.7 Å². The van der Waals surface area contributed by atoms with E-state index >= 15 is 0 Å². The third kappa shape index (κ3) is 3.87. The third-order valence-electron chi connectivity index (χ3n) is 4.91. The number of anilines is 1. The number of aryl methyl sites for hydroxylation is 2. The first-order chi connectivity index (χ1) is 12.5. The van der Waals surface area contributed by atoms with Crippen LogP contribution in [0.1, 0.15) is 53.6 Å². The first-order valence-corrected chi connectivity index (χ1v) is 9.41. The largest absolute Gasteiger partial charge is 0.354 e. The predicted octanol–water partition coefficient (Wildman–Crippen LogP) is 3.57. The Morgan fingerprint density at radius 1 is 1.00 bits per heavy atom. The highest BCUT2D eigenvalue weighted by molar-refractivity contribution is 5.94. The number of hydrogen-bond acceptors (Lipinski definition) is 4. The number of amides is 1. The normalized spacial score (nSPS) is 15.3. The van der Waals surface area contributed by atoms with E-state index in [-0.39, 0.29) is 5.91 Å². The molecule has 5 nitrogen and oxygen atoms in total. The number of benzene rings is 1. The molecule has 0 radical (unpaired) electrons. The molecule has 0 unspecified atom stereocenters. The second-order valence-electron chi connectivity index (χ2n) is 7.25. The summed E-state index contributed by atoms with van der Waals surface area (Å²) in [6, 6.07) is 9.55. The molecule has 0 saturated carbocycles. The van der Waals surface area contributed by atoms with Gasteiger partial charge >= 0.3 is 0 Å². The van der Waals surface area contributed by atoms with Gasteiger partial charge in [0.1, 0.15) is 11.6 Å². The molecular formula is C21H28N4O. The van der Waals surface area contributed by atoms with Crippen molar-refractivity contribution in [2.24, 2.45) is 0 Å². The van der Waals surface area contributed by atoms with Crippen LogP contribution >= 0.6 is 0 Å². The Kier molecular flexibility index (Phi) is 5.55. The number of carbonyl (C=O) groups is 1. The highest BCUT2D eigenvalue weighted by Gasteiger charge is 2.24. The van der Waals surface area contributed by atoms with Crippen LogP contribution in [-0.2, 0) is 0 Å². The van der Waals surface area contributed by atoms with Crippen molar-refractivity contribution in [2.75, 3.05) is 31.1 Å². The van der Waals surface area contributed by atoms with Gasteiger partial charge in [-0.15, -0.1) is 0 Å². The van der Waals surface area contributed by atoms with Gasteiger partial charge in [-0.25, -0.2) is 9.97 Å². The molecule has 0 aliphatic carbocycles. The van der Waals surface area contributed by atoms with Gasteiger partial charge in [-0.3, -0.25) is 4.79 Å². The fourth-order valence-corrected chi connectivity index (χ4v) is 3.72. The molecule has 1 amide bonds. The molecule has 0 bridgehead atoms. The zero-order chi connectivity index (χ0) is 18.7. The van der Waals surface area contributed by atoms with E-state index < -0.39 is 0 Å². The van der Waals surface area contributed by atoms with Gasteiger partial charge in [-0.2, -0.15) is 0 Å². The Morgan fingerprint density at radius 2 is 1.73 bits per heavy atom. The van der Waals surface area contributed by atoms with Crippen molar-refractivity contribution in [1.29, 1.82) is 0 Å². The summed E-state index contributed by atoms with van der Waals surface area (Å²) in [4.78, 5) is 26.4. The molecule has 1 saturated heterocycles. The van der Waals surface area contributed by atoms with Crippen LogP contribution in [0.3, 0.4) is 0 Å². The molecule has 0 atom stereocenters. The lowest BCUT2D eigenvalue weighted by Gasteiger charge is -2.27. The highest BCUT2D eigenvalue weighted by Crippen LogP contribution is 2.29. The van der Waals surface area contributed by atoms with Gasteiger partial charge in [0.25, 0.3) is 5.91 Å². The van der Waals surface area contributed by atoms with Crippen LogP contribution in [0, 0.1) is 13.8 Å². The van der Waals surface area contributed by atoms with Gasteiger partial charge in [0, 0.05) is 43.0 Å². The van der Waals surface area contributed by atoms with E-state index in [9.17, 15) is 4.79 Å². The third-order valence-corrected chi connectivity index (χ3v) is 4.91. The number of aromatic nitrogens is 2. The number of nitrogens with zero attached hydrogens (tertiary/aromatic N) is 4. The van der Waals surface area contributed by atoms with Crippen LogP contribution in [0.25, 0.3) is 0 Å². The fraction of sp³-hybridized carbons (Fsp3) is 0.476. The van der Waals surface area contributed by atoms with Crippen molar-refractivity contribution in [2.45, 2.75) is 40.0 Å². The van der Waals surface area contributed by atoms with Gasteiger partial charge in [0.05, 0.1) is 0 Å². The van der Waals surface area contributed by atoms with Crippen LogP contribution in [0.15, 0.2) is 30.3 Å². The Bertz CT molecular complexity index is 773. The maximum Gasteiger partial charge on any atom is 0.253 e. The van der Waals surface area contributed by atoms with Gasteiger partial charge in [-0.05, 0) is 38.3 Å². The Hall–Kier alpha value is -2.43. The molecule has 1 fully saturated rings. The summed E-state index contributed by atoms with van der Waals surface area (Å²) in [6.07, 6.45) is 0.943. The molecule has 3 rings (SSSR count). The number of rotatable bonds is 3. The van der Waals surface area contributed by atoms with Crippen molar-refractivity contribution in [3.8, 4) is 0 Å². The molecule has 1 aliphatic heterocycles. The van der Waals surface area contributed by atoms with Crippen LogP contribution in [-0.4, -0.2) is 47.0 Å². The molecule has 2 heterocycles. The molecule has 26 heavy (non-hydrogen) atoms. The summed E-state index contributed by atoms with van der Waals surface area (Å²) in [5.41, 5.74) is 3.04. The molecule has 1 aromatic carbocycles. The summed E-state index contributed by atoms with van der Waals surface area (Å²) < 4.78 is 0. The predicted molar refractivity (Wildman–Crippen MR) is 105 cm³/mol. The zero-order valence-corrected chi connectivity index (χ0v) is 16.2. The van der Waals surface area contributed by atoms with Crippen molar-refractivity contribution in [1.82, 2.24) is 14.9 Å². The summed E-state index contributed by atoms with van der Waals surface area (Å²) in [5.74, 6) is 2.34. The minimum Gasteiger partial charge on any atom is -0.354 e. The first-order valence-electron chi connectivity index (χ1n) is 9.41. The lowest BCUT2D eigenvalue weighted by Crippen LogP contribution is -2.35. The van der Waals surface area contributed by atoms with Crippen molar-refractivity contribution < 1.29 is 4.79 Å². The standard InChI is InChI=1S/C21H28N4O/c1-15(2)19-16(3)22-17(4)23-20(19)24-11-8-12-25(14-13-24)21(26)18-9-6-5-7-10-18/h5-7,9-10,15H,8,11-14H2,1-4H3. The summed E-state index contributed by atoms with van der Waals surface area (Å²) in [5, 5.41) is 0. The summed E-state index contributed by atoms with van der Waals surface area (Å²) in [6.45, 7) is 11.6. The van der Waals surface area contributed by atoms with E-state index in [0.29, 0.717) is 12.5 Å². The van der Waals surface area contributed by atoms with Gasteiger partial charge in [-0.1, -0.05) is 32.0 Å². The lowest BCUT2D eigenvalue weighted by atomic mass is 10.0. The van der Waals surface area contributed by atoms with Crippen molar-refractivity contribution in [3.05, 3.63) is 53.0 Å². The Balaban J connectivity index is 1.80. The van der Waals surface area contributed by atoms with Gasteiger partial charge < -0.3 is 9.80 Å². The molecule has 0 spiro atoms. The smallest absolute Gasteiger partial charge is 0.253 e. The number of carbonyl (C=O) groups excluding carboxylic acids is 1. The molecule has 138 valence electrons. The van der Waals surface area contributed by atoms with Crippen molar-refractivity contribution in [3.63, 3.8) is 0 Å². The van der Waals surface area contributed by atoms with Crippen LogP contribution < -0.4 is 4.90 Å². The monoisotopic (exact) mass is 352 g/mol. The van der Waals surface area contributed by atoms with E-state index in [1.165, 1.54) is 5.56 Å². The second kappa shape index (κ2) is 7.85. The quantitative estimate of drug-likeness (QED) is 0.847. The molecular weight excluding hydrogens is 324 g/mol. The minimum absolute atomic E-state index is 0.117. The second-order valence-corrected chi connectivity index (χ2v) is 7.25. The minimum atomic E-state index is 0.117. The van der Waals surface area contributed by atoms with Crippen LogP contribution in [0.5, 0.6) is 0 Å². The maximum absolute atomic E-state index is 12.8. The molecule has 1 aliphatic rings. The Labute approximate surface area is 156 Å². The summed E-state index contributed by atoms with van der Waals surface area (Å²) >= 11 is 0. The van der Waals surface area contributed by atoms with Gasteiger partial charge in [0.2, 0.25) is 0 Å². The molecule has 1 aromatic heterocycles. The topological polar surface area (TPSA) is 49.3 Å². The highest BCUT2D eigenvalue weighted by atomic mass is 16.2. The lowest BCUT2D eigenvalue weighted by molar-refractivity contribution is 0.0767. The van der Waals surface area contributed by atoms with E-state index in [1.54, 1.807) is 0 Å². The molecule has 0 N–H and O–H groups in total. The molecule has 5 heteroatoms. The summed E-state index contributed by atoms with van der Waals surface area (Å²) in [7, 11) is 0. The van der Waals surface area contributed by atoms with E-state index in [0.717, 1.165) is 49.0 Å². The Morgan fingerprint density at radius 3 is 2.42 bits per heavy atom. The van der Waals surface area contributed by atoms with E-state index in [1.807, 2.05) is 42.2 Å². The van der Waals surface area contributed by atoms with Gasteiger partial charge in [0.15, 0.2) is 0 Å². The van der Waals surface area contributed by atoms with E-state index in [2.05, 4.69) is 30.7 Å². The average Bonchev–Trinajstić information content (AvgIpc) is 2.87.